The molecule has 3 aromatic rings. The van der Waals surface area contributed by atoms with E-state index in [2.05, 4.69) is 0 Å². The molecule has 0 unspecified atom stereocenters. The number of para-hydroxylation sites is 1. The molecule has 2 nitrogen and oxygen atoms in total. The van der Waals surface area contributed by atoms with Crippen LogP contribution in [0.15, 0.2) is 66.7 Å². The molecule has 0 heterocycles. The van der Waals surface area contributed by atoms with E-state index in [-0.39, 0.29) is 11.5 Å². The van der Waals surface area contributed by atoms with Gasteiger partial charge in [-0.05, 0) is 41.3 Å². The second kappa shape index (κ2) is 5.94. The van der Waals surface area contributed by atoms with Crippen LogP contribution >= 0.6 is 0 Å². The van der Waals surface area contributed by atoms with Crippen LogP contribution in [0.4, 0.5) is 0 Å². The van der Waals surface area contributed by atoms with E-state index in [0.29, 0.717) is 6.42 Å². The summed E-state index contributed by atoms with van der Waals surface area (Å²) in [6, 6.07) is 20.9. The second-order valence-electron chi connectivity index (χ2n) is 5.43. The summed E-state index contributed by atoms with van der Waals surface area (Å²) < 4.78 is 0. The molecule has 0 saturated heterocycles. The third-order valence-electron chi connectivity index (χ3n) is 3.92. The highest BCUT2D eigenvalue weighted by Gasteiger charge is 2.14. The van der Waals surface area contributed by atoms with Crippen molar-refractivity contribution in [3.63, 3.8) is 0 Å². The topological polar surface area (TPSA) is 40.5 Å². The van der Waals surface area contributed by atoms with Gasteiger partial charge in [0.05, 0.1) is 0 Å². The summed E-state index contributed by atoms with van der Waals surface area (Å²) in [5.41, 5.74) is 4.85. The van der Waals surface area contributed by atoms with E-state index in [0.717, 1.165) is 27.8 Å². The fourth-order valence-corrected chi connectivity index (χ4v) is 2.79. The minimum Gasteiger partial charge on any atom is -0.508 e. The van der Waals surface area contributed by atoms with Gasteiger partial charge in [-0.1, -0.05) is 54.6 Å². The lowest BCUT2D eigenvalue weighted by molar-refractivity contribution is 0.463. The zero-order valence-corrected chi connectivity index (χ0v) is 12.5. The van der Waals surface area contributed by atoms with Crippen LogP contribution in [0.2, 0.25) is 0 Å². The van der Waals surface area contributed by atoms with Crippen LogP contribution < -0.4 is 0 Å². The standard InChI is InChI=1S/C20H18O2/c1-14-11-12-19(22)17(13-16-9-5-6-10-18(16)21)20(14)15-7-3-2-4-8-15/h2-12,21-22H,13H2,1H3. The second-order valence-corrected chi connectivity index (χ2v) is 5.43. The molecule has 3 aromatic carbocycles. The first-order chi connectivity index (χ1) is 10.7. The first-order valence-corrected chi connectivity index (χ1v) is 7.30. The van der Waals surface area contributed by atoms with Gasteiger partial charge in [-0.3, -0.25) is 0 Å². The molecule has 0 atom stereocenters. The number of benzene rings is 3. The van der Waals surface area contributed by atoms with Gasteiger partial charge < -0.3 is 10.2 Å². The fraction of sp³-hybridized carbons (Fsp3) is 0.100. The van der Waals surface area contributed by atoms with Crippen molar-refractivity contribution in [3.05, 3.63) is 83.4 Å². The highest BCUT2D eigenvalue weighted by atomic mass is 16.3. The summed E-state index contributed by atoms with van der Waals surface area (Å²) in [5, 5.41) is 20.4. The number of aromatic hydroxyl groups is 2. The summed E-state index contributed by atoms with van der Waals surface area (Å²) in [6.45, 7) is 2.04. The fourth-order valence-electron chi connectivity index (χ4n) is 2.79. The third kappa shape index (κ3) is 2.68. The van der Waals surface area contributed by atoms with Crippen LogP contribution in [0.5, 0.6) is 11.5 Å². The molecule has 0 aliphatic heterocycles. The van der Waals surface area contributed by atoms with Crippen LogP contribution in [0.1, 0.15) is 16.7 Å². The van der Waals surface area contributed by atoms with E-state index in [9.17, 15) is 10.2 Å². The van der Waals surface area contributed by atoms with Gasteiger partial charge in [-0.25, -0.2) is 0 Å². The zero-order chi connectivity index (χ0) is 15.5. The van der Waals surface area contributed by atoms with E-state index in [1.807, 2.05) is 55.5 Å². The number of hydrogen-bond acceptors (Lipinski definition) is 2. The molecule has 0 saturated carbocycles. The molecule has 0 aromatic heterocycles. The minimum absolute atomic E-state index is 0.252. The average molecular weight is 290 g/mol. The molecule has 0 bridgehead atoms. The third-order valence-corrected chi connectivity index (χ3v) is 3.92. The largest absolute Gasteiger partial charge is 0.508 e. The van der Waals surface area contributed by atoms with Crippen molar-refractivity contribution in [2.45, 2.75) is 13.3 Å². The highest BCUT2D eigenvalue weighted by molar-refractivity contribution is 5.74. The Hall–Kier alpha value is -2.74. The van der Waals surface area contributed by atoms with Crippen LogP contribution in [-0.4, -0.2) is 10.2 Å². The molecule has 0 spiro atoms. The Balaban J connectivity index is 2.15. The molecule has 2 heteroatoms. The molecule has 0 fully saturated rings. The average Bonchev–Trinajstić information content (AvgIpc) is 2.54. The van der Waals surface area contributed by atoms with Gasteiger partial charge in [0, 0.05) is 12.0 Å². The van der Waals surface area contributed by atoms with Crippen LogP contribution in [0, 0.1) is 6.92 Å². The van der Waals surface area contributed by atoms with Gasteiger partial charge >= 0.3 is 0 Å². The summed E-state index contributed by atoms with van der Waals surface area (Å²) in [6.07, 6.45) is 0.490. The normalized spacial score (nSPS) is 10.6. The molecule has 22 heavy (non-hydrogen) atoms. The number of rotatable bonds is 3. The van der Waals surface area contributed by atoms with E-state index in [1.165, 1.54) is 0 Å². The first-order valence-electron chi connectivity index (χ1n) is 7.30. The minimum atomic E-state index is 0.252. The van der Waals surface area contributed by atoms with Gasteiger partial charge in [-0.2, -0.15) is 0 Å². The monoisotopic (exact) mass is 290 g/mol. The van der Waals surface area contributed by atoms with E-state index < -0.39 is 0 Å². The van der Waals surface area contributed by atoms with Gasteiger partial charge in [0.2, 0.25) is 0 Å². The predicted molar refractivity (Wildman–Crippen MR) is 89.2 cm³/mol. The number of aryl methyl sites for hydroxylation is 1. The molecule has 3 rings (SSSR count). The summed E-state index contributed by atoms with van der Waals surface area (Å²) >= 11 is 0. The van der Waals surface area contributed by atoms with Gasteiger partial charge in [0.25, 0.3) is 0 Å². The SMILES string of the molecule is Cc1ccc(O)c(Cc2ccccc2O)c1-c1ccccc1. The Kier molecular flexibility index (Phi) is 3.84. The van der Waals surface area contributed by atoms with Crippen molar-refractivity contribution in [1.29, 1.82) is 0 Å². The van der Waals surface area contributed by atoms with Crippen molar-refractivity contribution in [2.24, 2.45) is 0 Å². The Morgan fingerprint density at radius 3 is 2.14 bits per heavy atom. The quantitative estimate of drug-likeness (QED) is 0.736. The molecule has 0 aliphatic rings. The lowest BCUT2D eigenvalue weighted by Gasteiger charge is -2.15. The van der Waals surface area contributed by atoms with Crippen molar-refractivity contribution >= 4 is 0 Å². The summed E-state index contributed by atoms with van der Waals surface area (Å²) in [4.78, 5) is 0. The van der Waals surface area contributed by atoms with Crippen molar-refractivity contribution in [2.75, 3.05) is 0 Å². The number of phenols is 2. The molecule has 2 N–H and O–H groups in total. The van der Waals surface area contributed by atoms with Gasteiger partial charge in [-0.15, -0.1) is 0 Å². The molecule has 110 valence electrons. The van der Waals surface area contributed by atoms with Gasteiger partial charge in [0.15, 0.2) is 0 Å². The van der Waals surface area contributed by atoms with Crippen LogP contribution in [-0.2, 0) is 6.42 Å². The Labute approximate surface area is 130 Å². The Morgan fingerprint density at radius 2 is 1.41 bits per heavy atom. The van der Waals surface area contributed by atoms with Crippen LogP contribution in [0.25, 0.3) is 11.1 Å². The number of hydrogen-bond donors (Lipinski definition) is 2. The zero-order valence-electron chi connectivity index (χ0n) is 12.5. The maximum Gasteiger partial charge on any atom is 0.119 e. The summed E-state index contributed by atoms with van der Waals surface area (Å²) in [7, 11) is 0. The van der Waals surface area contributed by atoms with Gasteiger partial charge in [0.1, 0.15) is 11.5 Å². The van der Waals surface area contributed by atoms with Crippen molar-refractivity contribution < 1.29 is 10.2 Å². The lowest BCUT2D eigenvalue weighted by atomic mass is 9.90. The number of phenolic OH excluding ortho intramolecular Hbond substituents is 2. The molecule has 0 amide bonds. The maximum atomic E-state index is 10.3. The van der Waals surface area contributed by atoms with E-state index in [4.69, 9.17) is 0 Å². The first kappa shape index (κ1) is 14.2. The molecular weight excluding hydrogens is 272 g/mol. The van der Waals surface area contributed by atoms with Crippen molar-refractivity contribution in [1.82, 2.24) is 0 Å². The maximum absolute atomic E-state index is 10.3. The van der Waals surface area contributed by atoms with E-state index in [1.54, 1.807) is 18.2 Å². The molecule has 0 radical (unpaired) electrons. The summed E-state index contributed by atoms with van der Waals surface area (Å²) in [5.74, 6) is 0.509. The highest BCUT2D eigenvalue weighted by Crippen LogP contribution is 2.36. The predicted octanol–water partition coefficient (Wildman–Crippen LogP) is 4.66. The molecule has 0 aliphatic carbocycles. The Morgan fingerprint density at radius 1 is 0.727 bits per heavy atom. The van der Waals surface area contributed by atoms with E-state index >= 15 is 0 Å². The molecular formula is C20H18O2. The Bertz CT molecular complexity index is 792. The van der Waals surface area contributed by atoms with Crippen LogP contribution in [0.3, 0.4) is 0 Å². The smallest absolute Gasteiger partial charge is 0.119 e. The van der Waals surface area contributed by atoms with Crippen molar-refractivity contribution in [3.8, 4) is 22.6 Å². The lowest BCUT2D eigenvalue weighted by Crippen LogP contribution is -1.96.